The molecule has 1 atom stereocenters. The first kappa shape index (κ1) is 14.1. The lowest BCUT2D eigenvalue weighted by molar-refractivity contribution is 0.584. The van der Waals surface area contributed by atoms with Crippen molar-refractivity contribution in [2.24, 2.45) is 0 Å². The molecule has 2 aromatic rings. The van der Waals surface area contributed by atoms with Crippen molar-refractivity contribution in [2.45, 2.75) is 24.7 Å². The molecule has 3 nitrogen and oxygen atoms in total. The number of benzene rings is 2. The highest BCUT2D eigenvalue weighted by atomic mass is 32.2. The molecule has 0 N–H and O–H groups in total. The molecular formula is C16H16FNO2S. The van der Waals surface area contributed by atoms with Gasteiger partial charge in [0.15, 0.2) is 0 Å². The number of hydrogen-bond acceptors (Lipinski definition) is 2. The summed E-state index contributed by atoms with van der Waals surface area (Å²) in [4.78, 5) is -0.00509. The Morgan fingerprint density at radius 1 is 1.19 bits per heavy atom. The maximum absolute atomic E-state index is 13.7. The Labute approximate surface area is 124 Å². The van der Waals surface area contributed by atoms with Crippen LogP contribution in [0.5, 0.6) is 0 Å². The minimum absolute atomic E-state index is 0.00509. The van der Waals surface area contributed by atoms with E-state index in [0.717, 1.165) is 11.6 Å². The summed E-state index contributed by atoms with van der Waals surface area (Å²) in [5.74, 6) is -0.372. The Morgan fingerprint density at radius 2 is 1.90 bits per heavy atom. The SMILES string of the molecule is Cc1ccc(S(=O)(=O)N2CC(C)c3ccccc32)cc1F. The number of sulfonamides is 1. The molecule has 0 radical (unpaired) electrons. The summed E-state index contributed by atoms with van der Waals surface area (Å²) < 4.78 is 40.6. The maximum Gasteiger partial charge on any atom is 0.264 e. The Kier molecular flexibility index (Phi) is 3.24. The van der Waals surface area contributed by atoms with Crippen LogP contribution in [0.25, 0.3) is 0 Å². The van der Waals surface area contributed by atoms with Gasteiger partial charge < -0.3 is 0 Å². The van der Waals surface area contributed by atoms with Gasteiger partial charge in [-0.3, -0.25) is 4.31 Å². The van der Waals surface area contributed by atoms with Crippen LogP contribution in [0.1, 0.15) is 24.0 Å². The van der Waals surface area contributed by atoms with Crippen molar-refractivity contribution in [3.05, 3.63) is 59.4 Å². The lowest BCUT2D eigenvalue weighted by Crippen LogP contribution is -2.29. The molecule has 0 bridgehead atoms. The van der Waals surface area contributed by atoms with Crippen LogP contribution >= 0.6 is 0 Å². The van der Waals surface area contributed by atoms with Crippen LogP contribution in [0, 0.1) is 12.7 Å². The van der Waals surface area contributed by atoms with Gasteiger partial charge in [-0.15, -0.1) is 0 Å². The molecule has 1 aliphatic rings. The molecule has 5 heteroatoms. The highest BCUT2D eigenvalue weighted by Crippen LogP contribution is 2.39. The predicted molar refractivity (Wildman–Crippen MR) is 80.5 cm³/mol. The van der Waals surface area contributed by atoms with Crippen molar-refractivity contribution in [3.63, 3.8) is 0 Å². The van der Waals surface area contributed by atoms with Crippen LogP contribution in [0.4, 0.5) is 10.1 Å². The molecule has 1 unspecified atom stereocenters. The lowest BCUT2D eigenvalue weighted by atomic mass is 10.0. The van der Waals surface area contributed by atoms with Gasteiger partial charge in [-0.1, -0.05) is 31.2 Å². The largest absolute Gasteiger partial charge is 0.265 e. The topological polar surface area (TPSA) is 37.4 Å². The molecule has 3 rings (SSSR count). The first-order valence-corrected chi connectivity index (χ1v) is 8.23. The molecule has 0 spiro atoms. The third kappa shape index (κ3) is 2.21. The monoisotopic (exact) mass is 305 g/mol. The second kappa shape index (κ2) is 4.84. The molecule has 0 aromatic heterocycles. The minimum Gasteiger partial charge on any atom is -0.265 e. The van der Waals surface area contributed by atoms with Crippen LogP contribution in [-0.4, -0.2) is 15.0 Å². The third-order valence-electron chi connectivity index (χ3n) is 3.91. The normalized spacial score (nSPS) is 17.9. The van der Waals surface area contributed by atoms with Crippen molar-refractivity contribution in [2.75, 3.05) is 10.8 Å². The van der Waals surface area contributed by atoms with Crippen LogP contribution in [0.3, 0.4) is 0 Å². The molecule has 0 fully saturated rings. The van der Waals surface area contributed by atoms with Gasteiger partial charge in [0.05, 0.1) is 10.6 Å². The first-order chi connectivity index (χ1) is 9.91. The molecule has 21 heavy (non-hydrogen) atoms. The fourth-order valence-corrected chi connectivity index (χ4v) is 4.26. The smallest absolute Gasteiger partial charge is 0.264 e. The number of rotatable bonds is 2. The van der Waals surface area contributed by atoms with E-state index in [1.807, 2.05) is 25.1 Å². The first-order valence-electron chi connectivity index (χ1n) is 6.79. The fourth-order valence-electron chi connectivity index (χ4n) is 2.67. The zero-order valence-electron chi connectivity index (χ0n) is 11.9. The van der Waals surface area contributed by atoms with E-state index in [1.54, 1.807) is 13.0 Å². The van der Waals surface area contributed by atoms with Gasteiger partial charge in [-0.25, -0.2) is 12.8 Å². The quantitative estimate of drug-likeness (QED) is 0.852. The van der Waals surface area contributed by atoms with Gasteiger partial charge >= 0.3 is 0 Å². The maximum atomic E-state index is 13.7. The van der Waals surface area contributed by atoms with E-state index in [9.17, 15) is 12.8 Å². The van der Waals surface area contributed by atoms with E-state index in [2.05, 4.69) is 0 Å². The van der Waals surface area contributed by atoms with E-state index < -0.39 is 15.8 Å². The number of anilines is 1. The zero-order valence-corrected chi connectivity index (χ0v) is 12.7. The summed E-state index contributed by atoms with van der Waals surface area (Å²) >= 11 is 0. The van der Waals surface area contributed by atoms with Crippen molar-refractivity contribution in [1.29, 1.82) is 0 Å². The number of aryl methyl sites for hydroxylation is 1. The Hall–Kier alpha value is -1.88. The second-order valence-electron chi connectivity index (χ2n) is 5.41. The zero-order chi connectivity index (χ0) is 15.2. The van der Waals surface area contributed by atoms with Gasteiger partial charge in [-0.05, 0) is 36.2 Å². The van der Waals surface area contributed by atoms with Crippen LogP contribution in [-0.2, 0) is 10.0 Å². The standard InChI is InChI=1S/C16H16FNO2S/c1-11-7-8-13(9-15(11)17)21(19,20)18-10-12(2)14-5-3-4-6-16(14)18/h3-9,12H,10H2,1-2H3. The summed E-state index contributed by atoms with van der Waals surface area (Å²) in [6.45, 7) is 3.99. The van der Waals surface area contributed by atoms with Gasteiger partial charge in [0.2, 0.25) is 0 Å². The highest BCUT2D eigenvalue weighted by molar-refractivity contribution is 7.92. The van der Waals surface area contributed by atoms with Gasteiger partial charge in [-0.2, -0.15) is 0 Å². The Bertz CT molecular complexity index is 802. The van der Waals surface area contributed by atoms with E-state index >= 15 is 0 Å². The summed E-state index contributed by atoms with van der Waals surface area (Å²) in [6.07, 6.45) is 0. The Morgan fingerprint density at radius 3 is 2.62 bits per heavy atom. The molecule has 0 aliphatic carbocycles. The predicted octanol–water partition coefficient (Wildman–Crippen LogP) is 3.45. The highest BCUT2D eigenvalue weighted by Gasteiger charge is 2.34. The van der Waals surface area contributed by atoms with Crippen molar-refractivity contribution in [1.82, 2.24) is 0 Å². The van der Waals surface area contributed by atoms with E-state index in [4.69, 9.17) is 0 Å². The molecule has 0 saturated carbocycles. The number of fused-ring (bicyclic) bond motifs is 1. The fraction of sp³-hybridized carbons (Fsp3) is 0.250. The average Bonchev–Trinajstić information content (AvgIpc) is 2.80. The van der Waals surface area contributed by atoms with Crippen LogP contribution in [0.2, 0.25) is 0 Å². The number of hydrogen-bond donors (Lipinski definition) is 0. The molecule has 110 valence electrons. The van der Waals surface area contributed by atoms with E-state index in [1.165, 1.54) is 16.4 Å². The van der Waals surface area contributed by atoms with E-state index in [-0.39, 0.29) is 10.8 Å². The van der Waals surface area contributed by atoms with Crippen LogP contribution in [0.15, 0.2) is 47.4 Å². The number of para-hydroxylation sites is 1. The number of nitrogens with zero attached hydrogens (tertiary/aromatic N) is 1. The average molecular weight is 305 g/mol. The lowest BCUT2D eigenvalue weighted by Gasteiger charge is -2.20. The molecule has 0 saturated heterocycles. The summed E-state index contributed by atoms with van der Waals surface area (Å²) in [5.41, 5.74) is 2.13. The molecule has 1 aliphatic heterocycles. The molecule has 1 heterocycles. The number of halogens is 1. The summed E-state index contributed by atoms with van der Waals surface area (Å²) in [6, 6.07) is 11.5. The third-order valence-corrected chi connectivity index (χ3v) is 5.68. The summed E-state index contributed by atoms with van der Waals surface area (Å²) in [5, 5.41) is 0. The molecule has 2 aromatic carbocycles. The molecule has 0 amide bonds. The van der Waals surface area contributed by atoms with E-state index in [0.29, 0.717) is 17.8 Å². The van der Waals surface area contributed by atoms with Gasteiger partial charge in [0, 0.05) is 12.5 Å². The van der Waals surface area contributed by atoms with Gasteiger partial charge in [0.1, 0.15) is 5.82 Å². The Balaban J connectivity index is 2.10. The van der Waals surface area contributed by atoms with Crippen molar-refractivity contribution < 1.29 is 12.8 Å². The summed E-state index contributed by atoms with van der Waals surface area (Å²) in [7, 11) is -3.73. The molecular weight excluding hydrogens is 289 g/mol. The van der Waals surface area contributed by atoms with Crippen molar-refractivity contribution in [3.8, 4) is 0 Å². The second-order valence-corrected chi connectivity index (χ2v) is 7.27. The van der Waals surface area contributed by atoms with Crippen LogP contribution < -0.4 is 4.31 Å². The minimum atomic E-state index is -3.73. The van der Waals surface area contributed by atoms with Crippen molar-refractivity contribution >= 4 is 15.7 Å². The van der Waals surface area contributed by atoms with Gasteiger partial charge in [0.25, 0.3) is 10.0 Å².